The van der Waals surface area contributed by atoms with Crippen LogP contribution >= 0.6 is 0 Å². The lowest BCUT2D eigenvalue weighted by Gasteiger charge is -2.20. The van der Waals surface area contributed by atoms with Crippen molar-refractivity contribution < 1.29 is 4.74 Å². The van der Waals surface area contributed by atoms with Gasteiger partial charge in [0.2, 0.25) is 0 Å². The van der Waals surface area contributed by atoms with E-state index in [9.17, 15) is 0 Å². The molecular formula is C19H33NO. The summed E-state index contributed by atoms with van der Waals surface area (Å²) in [5.74, 6) is 1.26. The van der Waals surface area contributed by atoms with Gasteiger partial charge in [-0.1, -0.05) is 57.5 Å². The van der Waals surface area contributed by atoms with Crippen molar-refractivity contribution in [2.24, 2.45) is 11.8 Å². The van der Waals surface area contributed by atoms with Crippen LogP contribution in [0.3, 0.4) is 0 Å². The molecule has 0 bridgehead atoms. The molecule has 0 saturated carbocycles. The van der Waals surface area contributed by atoms with E-state index >= 15 is 0 Å². The highest BCUT2D eigenvalue weighted by Gasteiger charge is 2.11. The predicted molar refractivity (Wildman–Crippen MR) is 91.8 cm³/mol. The molecule has 120 valence electrons. The molecule has 0 fully saturated rings. The Morgan fingerprint density at radius 2 is 1.71 bits per heavy atom. The SMILES string of the molecule is Cc1ccc(CC(CCOCC(C)C)CNC(C)C)cc1. The summed E-state index contributed by atoms with van der Waals surface area (Å²) in [7, 11) is 0. The highest BCUT2D eigenvalue weighted by Crippen LogP contribution is 2.13. The molecule has 1 aromatic rings. The Balaban J connectivity index is 2.45. The standard InChI is InChI=1S/C19H33NO/c1-15(2)14-21-11-10-19(13-20-16(3)4)12-18-8-6-17(5)7-9-18/h6-9,15-16,19-20H,10-14H2,1-5H3. The van der Waals surface area contributed by atoms with Crippen LogP contribution in [0.25, 0.3) is 0 Å². The predicted octanol–water partition coefficient (Wildman–Crippen LogP) is 4.21. The van der Waals surface area contributed by atoms with Gasteiger partial charge in [0.05, 0.1) is 0 Å². The first-order valence-corrected chi connectivity index (χ1v) is 8.34. The van der Waals surface area contributed by atoms with Gasteiger partial charge in [-0.05, 0) is 43.7 Å². The third kappa shape index (κ3) is 8.90. The van der Waals surface area contributed by atoms with Crippen LogP contribution in [0.4, 0.5) is 0 Å². The van der Waals surface area contributed by atoms with Crippen molar-refractivity contribution in [3.05, 3.63) is 35.4 Å². The zero-order valence-electron chi connectivity index (χ0n) is 14.5. The summed E-state index contributed by atoms with van der Waals surface area (Å²) in [4.78, 5) is 0. The number of hydrogen-bond acceptors (Lipinski definition) is 2. The first kappa shape index (κ1) is 18.2. The van der Waals surface area contributed by atoms with Crippen LogP contribution in [0.15, 0.2) is 24.3 Å². The van der Waals surface area contributed by atoms with Crippen molar-refractivity contribution >= 4 is 0 Å². The van der Waals surface area contributed by atoms with Crippen LogP contribution in [-0.4, -0.2) is 25.8 Å². The maximum atomic E-state index is 5.76. The summed E-state index contributed by atoms with van der Waals surface area (Å²) in [6.45, 7) is 13.8. The molecule has 0 aliphatic rings. The Hall–Kier alpha value is -0.860. The number of benzene rings is 1. The second-order valence-corrected chi connectivity index (χ2v) is 6.88. The van der Waals surface area contributed by atoms with Gasteiger partial charge < -0.3 is 10.1 Å². The zero-order chi connectivity index (χ0) is 15.7. The van der Waals surface area contributed by atoms with Crippen LogP contribution in [0.1, 0.15) is 45.2 Å². The fourth-order valence-electron chi connectivity index (χ4n) is 2.31. The van der Waals surface area contributed by atoms with Gasteiger partial charge in [-0.3, -0.25) is 0 Å². The number of hydrogen-bond donors (Lipinski definition) is 1. The molecule has 0 saturated heterocycles. The maximum Gasteiger partial charge on any atom is 0.0488 e. The van der Waals surface area contributed by atoms with E-state index < -0.39 is 0 Å². The minimum Gasteiger partial charge on any atom is -0.381 e. The summed E-state index contributed by atoms with van der Waals surface area (Å²) in [5.41, 5.74) is 2.76. The third-order valence-electron chi connectivity index (χ3n) is 3.58. The van der Waals surface area contributed by atoms with E-state index in [2.05, 4.69) is 64.2 Å². The van der Waals surface area contributed by atoms with Crippen molar-refractivity contribution in [3.8, 4) is 0 Å². The quantitative estimate of drug-likeness (QED) is 0.652. The van der Waals surface area contributed by atoms with E-state index in [1.165, 1.54) is 11.1 Å². The lowest BCUT2D eigenvalue weighted by Crippen LogP contribution is -2.30. The molecule has 1 atom stereocenters. The molecule has 1 N–H and O–H groups in total. The smallest absolute Gasteiger partial charge is 0.0488 e. The minimum atomic E-state index is 0.544. The molecule has 0 aliphatic carbocycles. The normalized spacial score (nSPS) is 13.1. The average Bonchev–Trinajstić information content (AvgIpc) is 2.42. The third-order valence-corrected chi connectivity index (χ3v) is 3.58. The van der Waals surface area contributed by atoms with Gasteiger partial charge in [0.1, 0.15) is 0 Å². The second-order valence-electron chi connectivity index (χ2n) is 6.88. The van der Waals surface area contributed by atoms with Gasteiger partial charge >= 0.3 is 0 Å². The van der Waals surface area contributed by atoms with E-state index in [4.69, 9.17) is 4.74 Å². The summed E-state index contributed by atoms with van der Waals surface area (Å²) < 4.78 is 5.76. The van der Waals surface area contributed by atoms with Gasteiger partial charge in [-0.15, -0.1) is 0 Å². The summed E-state index contributed by atoms with van der Waals surface area (Å²) in [5, 5.41) is 3.57. The van der Waals surface area contributed by atoms with Crippen molar-refractivity contribution in [3.63, 3.8) is 0 Å². The van der Waals surface area contributed by atoms with Gasteiger partial charge in [0, 0.05) is 19.3 Å². The van der Waals surface area contributed by atoms with Gasteiger partial charge in [0.25, 0.3) is 0 Å². The Morgan fingerprint density at radius 3 is 2.29 bits per heavy atom. The number of rotatable bonds is 10. The Kier molecular flexibility index (Phi) is 8.63. The molecule has 0 radical (unpaired) electrons. The Morgan fingerprint density at radius 1 is 1.05 bits per heavy atom. The van der Waals surface area contributed by atoms with Crippen LogP contribution in [-0.2, 0) is 11.2 Å². The molecule has 0 aliphatic heterocycles. The largest absolute Gasteiger partial charge is 0.381 e. The lowest BCUT2D eigenvalue weighted by atomic mass is 9.95. The van der Waals surface area contributed by atoms with Gasteiger partial charge in [0.15, 0.2) is 0 Å². The highest BCUT2D eigenvalue weighted by atomic mass is 16.5. The molecule has 0 amide bonds. The second kappa shape index (κ2) is 9.97. The topological polar surface area (TPSA) is 21.3 Å². The molecule has 0 aromatic heterocycles. The molecular weight excluding hydrogens is 258 g/mol. The molecule has 1 rings (SSSR count). The van der Waals surface area contributed by atoms with Crippen LogP contribution in [0, 0.1) is 18.8 Å². The van der Waals surface area contributed by atoms with E-state index in [1.807, 2.05) is 0 Å². The van der Waals surface area contributed by atoms with E-state index in [0.29, 0.717) is 17.9 Å². The first-order valence-electron chi connectivity index (χ1n) is 8.34. The molecule has 2 nitrogen and oxygen atoms in total. The Labute approximate surface area is 131 Å². The van der Waals surface area contributed by atoms with Crippen molar-refractivity contribution in [1.82, 2.24) is 5.32 Å². The zero-order valence-corrected chi connectivity index (χ0v) is 14.5. The maximum absolute atomic E-state index is 5.76. The molecule has 0 heterocycles. The van der Waals surface area contributed by atoms with Gasteiger partial charge in [-0.25, -0.2) is 0 Å². The van der Waals surface area contributed by atoms with Crippen molar-refractivity contribution in [1.29, 1.82) is 0 Å². The summed E-state index contributed by atoms with van der Waals surface area (Å²) in [6.07, 6.45) is 2.26. The summed E-state index contributed by atoms with van der Waals surface area (Å²) in [6, 6.07) is 9.47. The molecule has 21 heavy (non-hydrogen) atoms. The van der Waals surface area contributed by atoms with Crippen molar-refractivity contribution in [2.75, 3.05) is 19.8 Å². The molecule has 1 aromatic carbocycles. The fraction of sp³-hybridized carbons (Fsp3) is 0.684. The van der Waals surface area contributed by atoms with E-state index in [0.717, 1.165) is 32.6 Å². The number of nitrogens with one attached hydrogen (secondary N) is 1. The highest BCUT2D eigenvalue weighted by molar-refractivity contribution is 5.21. The average molecular weight is 291 g/mol. The van der Waals surface area contributed by atoms with Gasteiger partial charge in [-0.2, -0.15) is 0 Å². The van der Waals surface area contributed by atoms with Crippen LogP contribution < -0.4 is 5.32 Å². The Bertz CT molecular complexity index is 370. The van der Waals surface area contributed by atoms with Crippen molar-refractivity contribution in [2.45, 2.75) is 53.5 Å². The molecule has 1 unspecified atom stereocenters. The fourth-order valence-corrected chi connectivity index (χ4v) is 2.31. The van der Waals surface area contributed by atoms with E-state index in [-0.39, 0.29) is 0 Å². The molecule has 2 heteroatoms. The van der Waals surface area contributed by atoms with E-state index in [1.54, 1.807) is 0 Å². The lowest BCUT2D eigenvalue weighted by molar-refractivity contribution is 0.0973. The van der Waals surface area contributed by atoms with Crippen LogP contribution in [0.2, 0.25) is 0 Å². The molecule has 0 spiro atoms. The monoisotopic (exact) mass is 291 g/mol. The number of aryl methyl sites for hydroxylation is 1. The summed E-state index contributed by atoms with van der Waals surface area (Å²) >= 11 is 0. The van der Waals surface area contributed by atoms with Crippen LogP contribution in [0.5, 0.6) is 0 Å². The first-order chi connectivity index (χ1) is 9.97. The number of ether oxygens (including phenoxy) is 1. The minimum absolute atomic E-state index is 0.544.